The van der Waals surface area contributed by atoms with E-state index in [1.165, 1.54) is 7.05 Å². The van der Waals surface area contributed by atoms with Crippen LogP contribution in [0.15, 0.2) is 16.6 Å². The predicted octanol–water partition coefficient (Wildman–Crippen LogP) is 2.58. The monoisotopic (exact) mass is 330 g/mol. The molecule has 1 heterocycles. The van der Waals surface area contributed by atoms with Crippen molar-refractivity contribution in [3.63, 3.8) is 0 Å². The van der Waals surface area contributed by atoms with Crippen LogP contribution in [0.2, 0.25) is 5.02 Å². The summed E-state index contributed by atoms with van der Waals surface area (Å²) in [6.07, 6.45) is 0.174. The second kappa shape index (κ2) is 4.90. The van der Waals surface area contributed by atoms with Crippen LogP contribution in [0.4, 0.5) is 5.69 Å². The van der Waals surface area contributed by atoms with E-state index in [1.54, 1.807) is 6.07 Å². The molecule has 18 heavy (non-hydrogen) atoms. The highest BCUT2D eigenvalue weighted by Gasteiger charge is 2.36. The normalized spacial score (nSPS) is 19.6. The number of likely N-dealkylation sites (N-methyl/N-ethyl adjacent to an activating group) is 1. The summed E-state index contributed by atoms with van der Waals surface area (Å²) in [6.45, 7) is 1.90. The molecule has 2 rings (SSSR count). The number of benzene rings is 1. The van der Waals surface area contributed by atoms with Gasteiger partial charge in [-0.15, -0.1) is 0 Å². The van der Waals surface area contributed by atoms with Crippen molar-refractivity contribution in [2.24, 2.45) is 0 Å². The third kappa shape index (κ3) is 2.37. The van der Waals surface area contributed by atoms with Crippen LogP contribution >= 0.6 is 27.5 Å². The van der Waals surface area contributed by atoms with Crippen LogP contribution in [0, 0.1) is 6.92 Å². The number of halogens is 2. The van der Waals surface area contributed by atoms with Gasteiger partial charge in [0.25, 0.3) is 5.91 Å². The van der Waals surface area contributed by atoms with Gasteiger partial charge in [0.05, 0.1) is 12.1 Å². The fraction of sp³-hybridized carbons (Fsp3) is 0.333. The number of nitrogens with one attached hydrogen (secondary N) is 1. The van der Waals surface area contributed by atoms with Crippen molar-refractivity contribution in [1.82, 2.24) is 4.90 Å². The molecule has 6 heteroatoms. The number of carbonyl (C=O) groups excluding carboxylic acids is 2. The molecule has 1 saturated heterocycles. The SMILES string of the molecule is Cc1cc(Br)c(NC2CC(=O)N(C)C2=O)cc1Cl. The minimum atomic E-state index is -0.516. The molecule has 1 atom stereocenters. The van der Waals surface area contributed by atoms with Crippen LogP contribution in [-0.2, 0) is 9.59 Å². The zero-order valence-electron chi connectivity index (χ0n) is 9.96. The third-order valence-electron chi connectivity index (χ3n) is 2.96. The Balaban J connectivity index is 2.23. The Morgan fingerprint density at radius 3 is 2.67 bits per heavy atom. The lowest BCUT2D eigenvalue weighted by molar-refractivity contribution is -0.136. The molecule has 1 aromatic rings. The zero-order valence-corrected chi connectivity index (χ0v) is 12.3. The predicted molar refractivity (Wildman–Crippen MR) is 73.7 cm³/mol. The summed E-state index contributed by atoms with van der Waals surface area (Å²) in [6, 6.07) is 3.10. The Morgan fingerprint density at radius 1 is 1.44 bits per heavy atom. The van der Waals surface area contributed by atoms with E-state index in [-0.39, 0.29) is 18.2 Å². The highest BCUT2D eigenvalue weighted by Crippen LogP contribution is 2.30. The van der Waals surface area contributed by atoms with Gasteiger partial charge in [0.1, 0.15) is 6.04 Å². The molecule has 1 fully saturated rings. The summed E-state index contributed by atoms with van der Waals surface area (Å²) in [5.41, 5.74) is 1.66. The molecule has 1 aliphatic heterocycles. The summed E-state index contributed by atoms with van der Waals surface area (Å²) in [5.74, 6) is -0.393. The van der Waals surface area contributed by atoms with Crippen LogP contribution < -0.4 is 5.32 Å². The van der Waals surface area contributed by atoms with Crippen LogP contribution in [0.1, 0.15) is 12.0 Å². The summed E-state index contributed by atoms with van der Waals surface area (Å²) in [5, 5.41) is 3.66. The van der Waals surface area contributed by atoms with Gasteiger partial charge < -0.3 is 5.32 Å². The van der Waals surface area contributed by atoms with E-state index in [0.29, 0.717) is 10.7 Å². The molecule has 0 spiro atoms. The molecule has 1 unspecified atom stereocenters. The lowest BCUT2D eigenvalue weighted by Crippen LogP contribution is -2.31. The van der Waals surface area contributed by atoms with E-state index in [0.717, 1.165) is 14.9 Å². The Bertz CT molecular complexity index is 533. The highest BCUT2D eigenvalue weighted by atomic mass is 79.9. The smallest absolute Gasteiger partial charge is 0.251 e. The lowest BCUT2D eigenvalue weighted by Gasteiger charge is -2.15. The number of hydrogen-bond acceptors (Lipinski definition) is 3. The van der Waals surface area contributed by atoms with Crippen LogP contribution in [-0.4, -0.2) is 29.8 Å². The van der Waals surface area contributed by atoms with E-state index in [4.69, 9.17) is 11.6 Å². The van der Waals surface area contributed by atoms with Gasteiger partial charge in [-0.3, -0.25) is 14.5 Å². The molecule has 2 amide bonds. The molecule has 4 nitrogen and oxygen atoms in total. The van der Waals surface area contributed by atoms with Gasteiger partial charge in [0, 0.05) is 16.5 Å². The van der Waals surface area contributed by atoms with Gasteiger partial charge in [-0.25, -0.2) is 0 Å². The number of likely N-dealkylation sites (tertiary alicyclic amines) is 1. The molecule has 96 valence electrons. The van der Waals surface area contributed by atoms with E-state index in [9.17, 15) is 9.59 Å². The van der Waals surface area contributed by atoms with Crippen LogP contribution in [0.25, 0.3) is 0 Å². The second-order valence-electron chi connectivity index (χ2n) is 4.27. The topological polar surface area (TPSA) is 49.4 Å². The maximum absolute atomic E-state index is 11.8. The van der Waals surface area contributed by atoms with Gasteiger partial charge in [0.2, 0.25) is 5.91 Å². The first-order chi connectivity index (χ1) is 8.40. The lowest BCUT2D eigenvalue weighted by atomic mass is 10.2. The van der Waals surface area contributed by atoms with E-state index < -0.39 is 6.04 Å². The van der Waals surface area contributed by atoms with E-state index in [1.807, 2.05) is 13.0 Å². The molecular weight excluding hydrogens is 320 g/mol. The quantitative estimate of drug-likeness (QED) is 0.848. The van der Waals surface area contributed by atoms with Crippen molar-refractivity contribution in [3.8, 4) is 0 Å². The Kier molecular flexibility index (Phi) is 3.64. The second-order valence-corrected chi connectivity index (χ2v) is 5.53. The van der Waals surface area contributed by atoms with Crippen LogP contribution in [0.3, 0.4) is 0 Å². The number of nitrogens with zero attached hydrogens (tertiary/aromatic N) is 1. The first-order valence-corrected chi connectivity index (χ1v) is 6.60. The summed E-state index contributed by atoms with van der Waals surface area (Å²) in [7, 11) is 1.49. The number of imide groups is 1. The third-order valence-corrected chi connectivity index (χ3v) is 4.02. The minimum Gasteiger partial charge on any atom is -0.372 e. The van der Waals surface area contributed by atoms with Gasteiger partial charge in [-0.1, -0.05) is 11.6 Å². The molecule has 0 radical (unpaired) electrons. The average molecular weight is 332 g/mol. The average Bonchev–Trinajstić information content (AvgIpc) is 2.54. The number of anilines is 1. The van der Waals surface area contributed by atoms with Crippen molar-refractivity contribution in [3.05, 3.63) is 27.2 Å². The molecule has 1 N–H and O–H groups in total. The standard InChI is InChI=1S/C12H12BrClN2O2/c1-6-3-7(13)9(4-8(6)14)15-10-5-11(17)16(2)12(10)18/h3-4,10,15H,5H2,1-2H3. The van der Waals surface area contributed by atoms with Crippen molar-refractivity contribution >= 4 is 45.0 Å². The highest BCUT2D eigenvalue weighted by molar-refractivity contribution is 9.10. The number of rotatable bonds is 2. The maximum Gasteiger partial charge on any atom is 0.251 e. The summed E-state index contributed by atoms with van der Waals surface area (Å²) < 4.78 is 0.819. The van der Waals surface area contributed by atoms with E-state index >= 15 is 0 Å². The molecule has 1 aliphatic rings. The van der Waals surface area contributed by atoms with Gasteiger partial charge >= 0.3 is 0 Å². The first kappa shape index (κ1) is 13.4. The Labute approximate surface area is 118 Å². The molecule has 1 aromatic carbocycles. The first-order valence-electron chi connectivity index (χ1n) is 5.42. The fourth-order valence-electron chi connectivity index (χ4n) is 1.81. The van der Waals surface area contributed by atoms with Crippen molar-refractivity contribution in [2.45, 2.75) is 19.4 Å². The number of hydrogen-bond donors (Lipinski definition) is 1. The Morgan fingerprint density at radius 2 is 2.11 bits per heavy atom. The zero-order chi connectivity index (χ0) is 13.4. The van der Waals surface area contributed by atoms with E-state index in [2.05, 4.69) is 21.2 Å². The number of aryl methyl sites for hydroxylation is 1. The maximum atomic E-state index is 11.8. The number of amides is 2. The van der Waals surface area contributed by atoms with Crippen molar-refractivity contribution in [1.29, 1.82) is 0 Å². The molecule has 0 aromatic heterocycles. The molecular formula is C12H12BrClN2O2. The molecule has 0 aliphatic carbocycles. The van der Waals surface area contributed by atoms with Crippen molar-refractivity contribution in [2.75, 3.05) is 12.4 Å². The molecule has 0 bridgehead atoms. The van der Waals surface area contributed by atoms with Gasteiger partial charge in [0.15, 0.2) is 0 Å². The molecule has 0 saturated carbocycles. The van der Waals surface area contributed by atoms with Gasteiger partial charge in [-0.2, -0.15) is 0 Å². The number of carbonyl (C=O) groups is 2. The summed E-state index contributed by atoms with van der Waals surface area (Å²) in [4.78, 5) is 24.3. The minimum absolute atomic E-state index is 0.174. The van der Waals surface area contributed by atoms with Crippen LogP contribution in [0.5, 0.6) is 0 Å². The van der Waals surface area contributed by atoms with Crippen molar-refractivity contribution < 1.29 is 9.59 Å². The fourth-order valence-corrected chi connectivity index (χ4v) is 2.55. The van der Waals surface area contributed by atoms with Gasteiger partial charge in [-0.05, 0) is 40.5 Å². The summed E-state index contributed by atoms with van der Waals surface area (Å²) >= 11 is 9.45. The Hall–Kier alpha value is -1.07. The largest absolute Gasteiger partial charge is 0.372 e.